The summed E-state index contributed by atoms with van der Waals surface area (Å²) in [4.78, 5) is 12.2. The number of carboxylic acid groups (broad SMARTS) is 1. The molecule has 0 fully saturated rings. The molecule has 1 aliphatic heterocycles. The van der Waals surface area contributed by atoms with E-state index >= 15 is 0 Å². The number of hydrogen-bond acceptors (Lipinski definition) is 4. The van der Waals surface area contributed by atoms with Gasteiger partial charge in [-0.2, -0.15) is 0 Å². The van der Waals surface area contributed by atoms with Crippen molar-refractivity contribution in [2.24, 2.45) is 5.92 Å². The summed E-state index contributed by atoms with van der Waals surface area (Å²) in [6.45, 7) is 8.80. The maximum Gasteiger partial charge on any atom is 0.337 e. The number of nitrogens with one attached hydrogen (secondary N) is 1. The summed E-state index contributed by atoms with van der Waals surface area (Å²) in [5.41, 5.74) is 5.34. The number of halogens is 1. The number of carbonyl (C=O) groups is 1. The Morgan fingerprint density at radius 1 is 0.943 bits per heavy atom. The molecule has 0 unspecified atom stereocenters. The zero-order valence-electron chi connectivity index (χ0n) is 21.0. The van der Waals surface area contributed by atoms with Crippen molar-refractivity contribution in [1.29, 1.82) is 0 Å². The molecule has 1 heterocycles. The van der Waals surface area contributed by atoms with Crippen LogP contribution in [0, 0.1) is 5.92 Å². The van der Waals surface area contributed by atoms with Crippen LogP contribution >= 0.6 is 15.9 Å². The number of aromatic carboxylic acids is 1. The number of carboxylic acids is 1. The maximum absolute atomic E-state index is 12.2. The van der Waals surface area contributed by atoms with Crippen LogP contribution < -0.4 is 14.8 Å². The second kappa shape index (κ2) is 9.57. The van der Waals surface area contributed by atoms with Crippen molar-refractivity contribution >= 4 is 27.6 Å². The largest absolute Gasteiger partial charge is 0.493 e. The van der Waals surface area contributed by atoms with Crippen LogP contribution in [0.2, 0.25) is 0 Å². The molecular formula is C29H32BrNO4. The van der Waals surface area contributed by atoms with E-state index in [1.54, 1.807) is 20.3 Å². The standard InChI is InChI=1S/C29H32BrNO4/c1-16-25(18-9-12-23(34-5)24(13-18)35-6)21-14-20(30)15-22(28(32)33)27(21)31-26(16)17-7-10-19(11-8-17)29(2,3)4/h7-16,25-26,31H,1-6H3,(H,32,33)/t16-,25+,26-/m0/s1. The van der Waals surface area contributed by atoms with Gasteiger partial charge in [0, 0.05) is 10.4 Å². The molecule has 0 aliphatic carbocycles. The van der Waals surface area contributed by atoms with Crippen molar-refractivity contribution in [2.45, 2.75) is 45.1 Å². The van der Waals surface area contributed by atoms with Crippen LogP contribution in [0.4, 0.5) is 5.69 Å². The third-order valence-electron chi connectivity index (χ3n) is 6.95. The second-order valence-corrected chi connectivity index (χ2v) is 11.1. The van der Waals surface area contributed by atoms with Gasteiger partial charge in [0.05, 0.1) is 31.5 Å². The van der Waals surface area contributed by atoms with Crippen molar-refractivity contribution in [2.75, 3.05) is 19.5 Å². The van der Waals surface area contributed by atoms with Crippen molar-refractivity contribution in [3.05, 3.63) is 86.9 Å². The van der Waals surface area contributed by atoms with Crippen LogP contribution in [0.3, 0.4) is 0 Å². The summed E-state index contributed by atoms with van der Waals surface area (Å²) >= 11 is 3.53. The highest BCUT2D eigenvalue weighted by Crippen LogP contribution is 2.50. The molecule has 0 aromatic heterocycles. The molecule has 0 spiro atoms. The number of fused-ring (bicyclic) bond motifs is 1. The lowest BCUT2D eigenvalue weighted by Crippen LogP contribution is -2.32. The molecule has 0 saturated carbocycles. The predicted molar refractivity (Wildman–Crippen MR) is 143 cm³/mol. The summed E-state index contributed by atoms with van der Waals surface area (Å²) in [6, 6.07) is 18.2. The van der Waals surface area contributed by atoms with Crippen LogP contribution in [0.25, 0.3) is 0 Å². The average Bonchev–Trinajstić information content (AvgIpc) is 2.82. The quantitative estimate of drug-likeness (QED) is 0.355. The molecule has 1 aliphatic rings. The van der Waals surface area contributed by atoms with Crippen LogP contribution in [-0.4, -0.2) is 25.3 Å². The maximum atomic E-state index is 12.2. The molecule has 0 radical (unpaired) electrons. The van der Waals surface area contributed by atoms with E-state index in [0.717, 1.165) is 21.2 Å². The van der Waals surface area contributed by atoms with Gasteiger partial charge < -0.3 is 19.9 Å². The van der Waals surface area contributed by atoms with E-state index in [1.165, 1.54) is 5.56 Å². The lowest BCUT2D eigenvalue weighted by molar-refractivity contribution is 0.0697. The van der Waals surface area contributed by atoms with E-state index in [4.69, 9.17) is 9.47 Å². The van der Waals surface area contributed by atoms with Gasteiger partial charge in [0.25, 0.3) is 0 Å². The molecule has 4 rings (SSSR count). The summed E-state index contributed by atoms with van der Waals surface area (Å²) in [7, 11) is 3.24. The molecule has 3 aromatic rings. The minimum Gasteiger partial charge on any atom is -0.493 e. The van der Waals surface area contributed by atoms with Crippen LogP contribution in [-0.2, 0) is 5.41 Å². The third-order valence-corrected chi connectivity index (χ3v) is 7.41. The SMILES string of the molecule is COc1ccc([C@@H]2c3cc(Br)cc(C(=O)O)c3N[C@H](c3ccc(C(C)(C)C)cc3)[C@H]2C)cc1OC. The zero-order valence-corrected chi connectivity index (χ0v) is 22.6. The van der Waals surface area contributed by atoms with E-state index in [9.17, 15) is 9.90 Å². The summed E-state index contributed by atoms with van der Waals surface area (Å²) in [5.74, 6) is 0.410. The van der Waals surface area contributed by atoms with Gasteiger partial charge in [0.1, 0.15) is 0 Å². The van der Waals surface area contributed by atoms with Gasteiger partial charge in [0.15, 0.2) is 11.5 Å². The van der Waals surface area contributed by atoms with Crippen molar-refractivity contribution in [3.63, 3.8) is 0 Å². The first kappa shape index (κ1) is 25.1. The van der Waals surface area contributed by atoms with Crippen molar-refractivity contribution in [1.82, 2.24) is 0 Å². The molecule has 2 N–H and O–H groups in total. The number of rotatable bonds is 5. The number of anilines is 1. The Hall–Kier alpha value is -2.99. The summed E-state index contributed by atoms with van der Waals surface area (Å²) < 4.78 is 11.8. The van der Waals surface area contributed by atoms with Gasteiger partial charge in [0.2, 0.25) is 0 Å². The third kappa shape index (κ3) is 4.76. The number of methoxy groups -OCH3 is 2. The Balaban J connectivity index is 1.89. The van der Waals surface area contributed by atoms with Crippen LogP contribution in [0.15, 0.2) is 59.1 Å². The molecule has 184 valence electrons. The normalized spacial score (nSPS) is 19.5. The van der Waals surface area contributed by atoms with Gasteiger partial charge in [-0.3, -0.25) is 0 Å². The minimum atomic E-state index is -0.961. The minimum absolute atomic E-state index is 0.0572. The first-order valence-corrected chi connectivity index (χ1v) is 12.5. The number of hydrogen-bond donors (Lipinski definition) is 2. The van der Waals surface area contributed by atoms with Gasteiger partial charge in [-0.1, -0.05) is 74.0 Å². The van der Waals surface area contributed by atoms with Crippen molar-refractivity contribution < 1.29 is 19.4 Å². The highest BCUT2D eigenvalue weighted by Gasteiger charge is 2.38. The van der Waals surface area contributed by atoms with Crippen LogP contribution in [0.1, 0.15) is 72.3 Å². The fourth-order valence-corrected chi connectivity index (χ4v) is 5.55. The average molecular weight is 538 g/mol. The van der Waals surface area contributed by atoms with Crippen LogP contribution in [0.5, 0.6) is 11.5 Å². The van der Waals surface area contributed by atoms with E-state index in [1.807, 2.05) is 24.3 Å². The number of benzene rings is 3. The fourth-order valence-electron chi connectivity index (χ4n) is 5.07. The molecule has 3 aromatic carbocycles. The molecule has 5 nitrogen and oxygen atoms in total. The van der Waals surface area contributed by atoms with Gasteiger partial charge in [-0.25, -0.2) is 4.79 Å². The molecule has 0 saturated heterocycles. The molecule has 0 bridgehead atoms. The highest BCUT2D eigenvalue weighted by molar-refractivity contribution is 9.10. The fraction of sp³-hybridized carbons (Fsp3) is 0.345. The van der Waals surface area contributed by atoms with Gasteiger partial charge >= 0.3 is 5.97 Å². The van der Waals surface area contributed by atoms with Gasteiger partial charge in [-0.15, -0.1) is 0 Å². The topological polar surface area (TPSA) is 67.8 Å². The monoisotopic (exact) mass is 537 g/mol. The smallest absolute Gasteiger partial charge is 0.337 e. The van der Waals surface area contributed by atoms with E-state index in [0.29, 0.717) is 17.2 Å². The molecule has 6 heteroatoms. The molecule has 3 atom stereocenters. The van der Waals surface area contributed by atoms with Crippen molar-refractivity contribution in [3.8, 4) is 11.5 Å². The molecule has 0 amide bonds. The lowest BCUT2D eigenvalue weighted by Gasteiger charge is -2.40. The van der Waals surface area contributed by atoms with Gasteiger partial charge in [-0.05, 0) is 57.9 Å². The predicted octanol–water partition coefficient (Wildman–Crippen LogP) is 7.40. The second-order valence-electron chi connectivity index (χ2n) is 10.2. The highest BCUT2D eigenvalue weighted by atomic mass is 79.9. The Bertz CT molecular complexity index is 1250. The summed E-state index contributed by atoms with van der Waals surface area (Å²) in [5, 5.41) is 13.6. The zero-order chi connectivity index (χ0) is 25.5. The molecule has 35 heavy (non-hydrogen) atoms. The van der Waals surface area contributed by atoms with E-state index < -0.39 is 5.97 Å². The first-order chi connectivity index (χ1) is 16.5. The molecular weight excluding hydrogens is 506 g/mol. The first-order valence-electron chi connectivity index (χ1n) is 11.7. The van der Waals surface area contributed by atoms with E-state index in [-0.39, 0.29) is 28.9 Å². The van der Waals surface area contributed by atoms with E-state index in [2.05, 4.69) is 73.2 Å². The summed E-state index contributed by atoms with van der Waals surface area (Å²) in [6.07, 6.45) is 0. The Labute approximate surface area is 215 Å². The Morgan fingerprint density at radius 2 is 1.57 bits per heavy atom. The Morgan fingerprint density at radius 3 is 2.14 bits per heavy atom. The number of ether oxygens (including phenoxy) is 2. The lowest BCUT2D eigenvalue weighted by atomic mass is 9.72. The Kier molecular flexibility index (Phi) is 6.87.